The Morgan fingerprint density at radius 1 is 1.14 bits per heavy atom. The van der Waals surface area contributed by atoms with Crippen LogP contribution >= 0.6 is 24.0 Å². The van der Waals surface area contributed by atoms with Crippen LogP contribution in [0.3, 0.4) is 0 Å². The van der Waals surface area contributed by atoms with Gasteiger partial charge in [-0.15, -0.1) is 12.4 Å². The van der Waals surface area contributed by atoms with E-state index < -0.39 is 0 Å². The number of nitrogens with zero attached hydrogens (tertiary/aromatic N) is 1. The first-order valence-electron chi connectivity index (χ1n) is 9.81. The van der Waals surface area contributed by atoms with Crippen molar-refractivity contribution >= 4 is 29.9 Å². The number of hydrogen-bond acceptors (Lipinski definition) is 2. The summed E-state index contributed by atoms with van der Waals surface area (Å²) in [6.07, 6.45) is 4.84. The Morgan fingerprint density at radius 3 is 2.39 bits per heavy atom. The standard InChI is InChI=1S/C23H29ClN2O.ClH/c1-18(27)26(15-12-19-6-3-2-4-7-19)22-10-13-23(17-25,14-11-22)20-8-5-9-21(24)16-20;/h2-9,16,22H,10-15,17,25H2,1H3;1H/t22-,23-;. The zero-order chi connectivity index (χ0) is 19.3. The van der Waals surface area contributed by atoms with Gasteiger partial charge in [0.15, 0.2) is 0 Å². The van der Waals surface area contributed by atoms with Gasteiger partial charge in [-0.25, -0.2) is 0 Å². The molecule has 2 aromatic rings. The molecule has 0 radical (unpaired) electrons. The number of rotatable bonds is 6. The number of carbonyl (C=O) groups excluding carboxylic acids is 1. The van der Waals surface area contributed by atoms with Crippen molar-refractivity contribution < 1.29 is 4.79 Å². The molecule has 0 spiro atoms. The van der Waals surface area contributed by atoms with Gasteiger partial charge in [0, 0.05) is 36.5 Å². The molecule has 0 atom stereocenters. The molecule has 28 heavy (non-hydrogen) atoms. The molecule has 0 saturated heterocycles. The van der Waals surface area contributed by atoms with Crippen molar-refractivity contribution in [3.05, 3.63) is 70.7 Å². The van der Waals surface area contributed by atoms with Gasteiger partial charge >= 0.3 is 0 Å². The molecule has 3 rings (SSSR count). The fourth-order valence-electron chi connectivity index (χ4n) is 4.39. The maximum atomic E-state index is 12.3. The Balaban J connectivity index is 0.00000280. The number of carbonyl (C=O) groups is 1. The fourth-order valence-corrected chi connectivity index (χ4v) is 4.58. The van der Waals surface area contributed by atoms with Crippen molar-refractivity contribution in [3.63, 3.8) is 0 Å². The van der Waals surface area contributed by atoms with Gasteiger partial charge in [-0.05, 0) is 55.4 Å². The van der Waals surface area contributed by atoms with E-state index in [0.717, 1.165) is 43.7 Å². The SMILES string of the molecule is CC(=O)N(CCc1ccccc1)[C@H]1CC[C@](CN)(c2cccc(Cl)c2)CC1.Cl. The molecule has 3 nitrogen and oxygen atoms in total. The van der Waals surface area contributed by atoms with Gasteiger partial charge in [0.05, 0.1) is 0 Å². The average molecular weight is 421 g/mol. The topological polar surface area (TPSA) is 46.3 Å². The van der Waals surface area contributed by atoms with E-state index in [0.29, 0.717) is 12.6 Å². The molecule has 1 amide bonds. The normalized spacial score (nSPS) is 21.6. The molecule has 1 fully saturated rings. The van der Waals surface area contributed by atoms with E-state index in [-0.39, 0.29) is 23.7 Å². The summed E-state index contributed by atoms with van der Waals surface area (Å²) >= 11 is 6.21. The highest BCUT2D eigenvalue weighted by molar-refractivity contribution is 6.30. The summed E-state index contributed by atoms with van der Waals surface area (Å²) in [6, 6.07) is 18.8. The predicted molar refractivity (Wildman–Crippen MR) is 119 cm³/mol. The zero-order valence-corrected chi connectivity index (χ0v) is 18.0. The molecule has 1 aliphatic carbocycles. The second-order valence-corrected chi connectivity index (χ2v) is 8.11. The summed E-state index contributed by atoms with van der Waals surface area (Å²) < 4.78 is 0. The van der Waals surface area contributed by atoms with Crippen LogP contribution in [-0.4, -0.2) is 29.9 Å². The summed E-state index contributed by atoms with van der Waals surface area (Å²) in [4.78, 5) is 14.4. The molecule has 0 bridgehead atoms. The highest BCUT2D eigenvalue weighted by Crippen LogP contribution is 2.40. The van der Waals surface area contributed by atoms with Crippen molar-refractivity contribution in [3.8, 4) is 0 Å². The molecule has 0 aromatic heterocycles. The van der Waals surface area contributed by atoms with E-state index in [2.05, 4.69) is 35.2 Å². The van der Waals surface area contributed by atoms with Gasteiger partial charge in [0.1, 0.15) is 0 Å². The van der Waals surface area contributed by atoms with E-state index in [1.54, 1.807) is 6.92 Å². The van der Waals surface area contributed by atoms with Crippen LogP contribution in [-0.2, 0) is 16.6 Å². The first-order valence-corrected chi connectivity index (χ1v) is 10.2. The van der Waals surface area contributed by atoms with E-state index >= 15 is 0 Å². The van der Waals surface area contributed by atoms with Gasteiger partial charge in [-0.1, -0.05) is 54.1 Å². The lowest BCUT2D eigenvalue weighted by atomic mass is 9.68. The monoisotopic (exact) mass is 420 g/mol. The molecule has 1 saturated carbocycles. The Bertz CT molecular complexity index is 758. The maximum absolute atomic E-state index is 12.3. The smallest absolute Gasteiger partial charge is 0.219 e. The molecular weight excluding hydrogens is 391 g/mol. The van der Waals surface area contributed by atoms with E-state index in [4.69, 9.17) is 17.3 Å². The van der Waals surface area contributed by atoms with E-state index in [1.807, 2.05) is 24.3 Å². The molecule has 152 valence electrons. The molecule has 2 N–H and O–H groups in total. The largest absolute Gasteiger partial charge is 0.340 e. The highest BCUT2D eigenvalue weighted by atomic mass is 35.5. The summed E-state index contributed by atoms with van der Waals surface area (Å²) in [5, 5.41) is 0.760. The quantitative estimate of drug-likeness (QED) is 0.714. The van der Waals surface area contributed by atoms with Gasteiger partial charge in [0.25, 0.3) is 0 Å². The molecule has 2 aromatic carbocycles. The zero-order valence-electron chi connectivity index (χ0n) is 16.4. The van der Waals surface area contributed by atoms with Crippen molar-refractivity contribution in [1.29, 1.82) is 0 Å². The van der Waals surface area contributed by atoms with Crippen molar-refractivity contribution in [2.45, 2.75) is 50.5 Å². The van der Waals surface area contributed by atoms with Crippen LogP contribution in [0.15, 0.2) is 54.6 Å². The maximum Gasteiger partial charge on any atom is 0.219 e. The number of hydrogen-bond donors (Lipinski definition) is 1. The van der Waals surface area contributed by atoms with Crippen LogP contribution in [0.5, 0.6) is 0 Å². The minimum Gasteiger partial charge on any atom is -0.340 e. The number of benzene rings is 2. The fraction of sp³-hybridized carbons (Fsp3) is 0.435. The Hall–Kier alpha value is -1.55. The predicted octanol–water partition coefficient (Wildman–Crippen LogP) is 4.99. The second kappa shape index (κ2) is 10.3. The Labute approximate surface area is 179 Å². The molecule has 5 heteroatoms. The molecule has 0 heterocycles. The summed E-state index contributed by atoms with van der Waals surface area (Å²) in [5.74, 6) is 0.166. The Morgan fingerprint density at radius 2 is 1.82 bits per heavy atom. The Kier molecular flexibility index (Phi) is 8.36. The van der Waals surface area contributed by atoms with Crippen molar-refractivity contribution in [1.82, 2.24) is 4.90 Å². The van der Waals surface area contributed by atoms with Crippen LogP contribution in [0.2, 0.25) is 5.02 Å². The molecular formula is C23H30Cl2N2O. The number of nitrogens with two attached hydrogens (primary N) is 1. The minimum atomic E-state index is -0.0245. The third kappa shape index (κ3) is 5.28. The third-order valence-corrected chi connectivity index (χ3v) is 6.30. The molecule has 0 unspecified atom stereocenters. The first kappa shape index (κ1) is 22.7. The number of amides is 1. The lowest BCUT2D eigenvalue weighted by Gasteiger charge is -2.43. The van der Waals surface area contributed by atoms with Gasteiger partial charge < -0.3 is 10.6 Å². The second-order valence-electron chi connectivity index (χ2n) is 7.67. The third-order valence-electron chi connectivity index (χ3n) is 6.07. The van der Waals surface area contributed by atoms with Gasteiger partial charge in [0.2, 0.25) is 5.91 Å². The number of halogens is 2. The van der Waals surface area contributed by atoms with Crippen LogP contribution in [0.4, 0.5) is 0 Å². The van der Waals surface area contributed by atoms with Crippen molar-refractivity contribution in [2.24, 2.45) is 5.73 Å². The average Bonchev–Trinajstić information content (AvgIpc) is 2.69. The van der Waals surface area contributed by atoms with Crippen LogP contribution in [0, 0.1) is 0 Å². The minimum absolute atomic E-state index is 0. The molecule has 0 aliphatic heterocycles. The molecule has 1 aliphatic rings. The van der Waals surface area contributed by atoms with E-state index in [9.17, 15) is 4.79 Å². The van der Waals surface area contributed by atoms with Crippen LogP contribution < -0.4 is 5.73 Å². The lowest BCUT2D eigenvalue weighted by molar-refractivity contribution is -0.132. The first-order chi connectivity index (χ1) is 13.0. The van der Waals surface area contributed by atoms with Crippen molar-refractivity contribution in [2.75, 3.05) is 13.1 Å². The van der Waals surface area contributed by atoms with Gasteiger partial charge in [-0.3, -0.25) is 4.79 Å². The lowest BCUT2D eigenvalue weighted by Crippen LogP contribution is -2.47. The van der Waals surface area contributed by atoms with Crippen LogP contribution in [0.25, 0.3) is 0 Å². The van der Waals surface area contributed by atoms with Crippen LogP contribution in [0.1, 0.15) is 43.7 Å². The van der Waals surface area contributed by atoms with E-state index in [1.165, 1.54) is 11.1 Å². The summed E-state index contributed by atoms with van der Waals surface area (Å²) in [7, 11) is 0. The summed E-state index contributed by atoms with van der Waals surface area (Å²) in [5.41, 5.74) is 8.69. The van der Waals surface area contributed by atoms with Gasteiger partial charge in [-0.2, -0.15) is 0 Å². The highest BCUT2D eigenvalue weighted by Gasteiger charge is 2.38. The summed E-state index contributed by atoms with van der Waals surface area (Å²) in [6.45, 7) is 3.08.